The maximum absolute atomic E-state index is 13.7. The molecule has 1 aliphatic carbocycles. The molecule has 0 bridgehead atoms. The first kappa shape index (κ1) is 30.3. The SMILES string of the molecule is C[C@H]1CN([C@@H](C)CO)C(=O)c2cc(NC(=O)NC3CCCCC3)ccc2O[C@H]1CN(C)C(=O)Nc1ccc2c(c1)OCO2. The Hall–Kier alpha value is -4.19. The Labute approximate surface area is 251 Å². The molecule has 2 aromatic rings. The molecule has 12 heteroatoms. The van der Waals surface area contributed by atoms with Crippen molar-refractivity contribution >= 4 is 29.3 Å². The molecule has 1 saturated carbocycles. The average Bonchev–Trinajstić information content (AvgIpc) is 3.47. The van der Waals surface area contributed by atoms with Crippen LogP contribution in [0, 0.1) is 5.92 Å². The van der Waals surface area contributed by atoms with E-state index >= 15 is 0 Å². The number of aliphatic hydroxyl groups excluding tert-OH is 1. The van der Waals surface area contributed by atoms with E-state index in [4.69, 9.17) is 14.2 Å². The average molecular weight is 596 g/mol. The lowest BCUT2D eigenvalue weighted by Gasteiger charge is -2.38. The number of carbonyl (C=O) groups is 3. The molecule has 2 aliphatic heterocycles. The summed E-state index contributed by atoms with van der Waals surface area (Å²) in [5.41, 5.74) is 1.31. The highest BCUT2D eigenvalue weighted by atomic mass is 16.7. The van der Waals surface area contributed by atoms with Crippen molar-refractivity contribution < 1.29 is 33.7 Å². The molecule has 3 atom stereocenters. The van der Waals surface area contributed by atoms with Gasteiger partial charge in [0.2, 0.25) is 6.79 Å². The maximum Gasteiger partial charge on any atom is 0.321 e. The van der Waals surface area contributed by atoms with Crippen LogP contribution in [0.15, 0.2) is 36.4 Å². The number of nitrogens with zero attached hydrogens (tertiary/aromatic N) is 2. The minimum atomic E-state index is -0.471. The van der Waals surface area contributed by atoms with Crippen molar-refractivity contribution in [1.29, 1.82) is 0 Å². The van der Waals surface area contributed by atoms with E-state index in [1.165, 1.54) is 11.3 Å². The lowest BCUT2D eigenvalue weighted by atomic mass is 9.96. The zero-order valence-corrected chi connectivity index (χ0v) is 24.9. The van der Waals surface area contributed by atoms with Gasteiger partial charge in [-0.15, -0.1) is 0 Å². The molecule has 1 fully saturated rings. The standard InChI is InChI=1S/C31H41N5O7/c1-19-15-36(20(2)17-37)29(38)24-13-22(33-30(39)32-21-7-5-4-6-8-21)9-11-25(24)43-28(19)16-35(3)31(40)34-23-10-12-26-27(14-23)42-18-41-26/h9-14,19-21,28,37H,4-8,15-18H2,1-3H3,(H,34,40)(H2,32,33,39)/t19-,20-,28-/m0/s1. The summed E-state index contributed by atoms with van der Waals surface area (Å²) in [4.78, 5) is 42.7. The molecule has 2 heterocycles. The zero-order valence-electron chi connectivity index (χ0n) is 24.9. The van der Waals surface area contributed by atoms with Gasteiger partial charge >= 0.3 is 12.1 Å². The van der Waals surface area contributed by atoms with E-state index in [1.807, 2.05) is 6.92 Å². The van der Waals surface area contributed by atoms with Crippen molar-refractivity contribution in [1.82, 2.24) is 15.1 Å². The number of fused-ring (bicyclic) bond motifs is 2. The predicted molar refractivity (Wildman–Crippen MR) is 161 cm³/mol. The van der Waals surface area contributed by atoms with Crippen LogP contribution in [0.2, 0.25) is 0 Å². The van der Waals surface area contributed by atoms with Crippen molar-refractivity contribution in [3.8, 4) is 17.2 Å². The van der Waals surface area contributed by atoms with Gasteiger partial charge < -0.3 is 45.1 Å². The van der Waals surface area contributed by atoms with Crippen molar-refractivity contribution in [2.75, 3.05) is 44.2 Å². The second-order valence-corrected chi connectivity index (χ2v) is 11.6. The maximum atomic E-state index is 13.7. The summed E-state index contributed by atoms with van der Waals surface area (Å²) < 4.78 is 17.1. The summed E-state index contributed by atoms with van der Waals surface area (Å²) in [6, 6.07) is 9.22. The third-order valence-corrected chi connectivity index (χ3v) is 8.29. The molecule has 0 unspecified atom stereocenters. The third kappa shape index (κ3) is 7.24. The normalized spacial score (nSPS) is 20.7. The summed E-state index contributed by atoms with van der Waals surface area (Å²) in [6.07, 6.45) is 4.84. The van der Waals surface area contributed by atoms with Crippen LogP contribution in [0.5, 0.6) is 17.2 Å². The van der Waals surface area contributed by atoms with Gasteiger partial charge in [-0.05, 0) is 50.1 Å². The van der Waals surface area contributed by atoms with E-state index < -0.39 is 12.1 Å². The lowest BCUT2D eigenvalue weighted by molar-refractivity contribution is 0.0371. The molecule has 0 aromatic heterocycles. The van der Waals surface area contributed by atoms with Crippen LogP contribution in [0.25, 0.3) is 0 Å². The summed E-state index contributed by atoms with van der Waals surface area (Å²) >= 11 is 0. The number of hydrogen-bond donors (Lipinski definition) is 4. The Balaban J connectivity index is 1.31. The van der Waals surface area contributed by atoms with Crippen LogP contribution in [-0.2, 0) is 0 Å². The van der Waals surface area contributed by atoms with Gasteiger partial charge in [-0.1, -0.05) is 26.2 Å². The number of likely N-dealkylation sites (N-methyl/N-ethyl adjacent to an activating group) is 1. The van der Waals surface area contributed by atoms with Gasteiger partial charge in [0.15, 0.2) is 11.5 Å². The molecule has 232 valence electrons. The van der Waals surface area contributed by atoms with Crippen LogP contribution in [-0.4, -0.2) is 84.6 Å². The smallest absolute Gasteiger partial charge is 0.321 e. The summed E-state index contributed by atoms with van der Waals surface area (Å²) in [5, 5.41) is 18.7. The Morgan fingerprint density at radius 2 is 1.72 bits per heavy atom. The van der Waals surface area contributed by atoms with Crippen LogP contribution in [0.3, 0.4) is 0 Å². The van der Waals surface area contributed by atoms with E-state index in [-0.39, 0.29) is 55.4 Å². The fourth-order valence-corrected chi connectivity index (χ4v) is 5.66. The molecule has 3 aliphatic rings. The molecule has 5 rings (SSSR count). The second kappa shape index (κ2) is 13.4. The van der Waals surface area contributed by atoms with Gasteiger partial charge in [-0.25, -0.2) is 9.59 Å². The number of nitrogens with one attached hydrogen (secondary N) is 3. The van der Waals surface area contributed by atoms with Gasteiger partial charge in [0, 0.05) is 43.0 Å². The number of hydrogen-bond acceptors (Lipinski definition) is 7. The molecule has 43 heavy (non-hydrogen) atoms. The number of aliphatic hydroxyl groups is 1. The minimum Gasteiger partial charge on any atom is -0.487 e. The first-order chi connectivity index (χ1) is 20.7. The van der Waals surface area contributed by atoms with Crippen molar-refractivity contribution in [3.63, 3.8) is 0 Å². The third-order valence-electron chi connectivity index (χ3n) is 8.29. The molecular weight excluding hydrogens is 554 g/mol. The summed E-state index contributed by atoms with van der Waals surface area (Å²) in [6.45, 7) is 4.21. The van der Waals surface area contributed by atoms with Crippen LogP contribution in [0.1, 0.15) is 56.3 Å². The Morgan fingerprint density at radius 3 is 2.47 bits per heavy atom. The van der Waals surface area contributed by atoms with Gasteiger partial charge in [0.1, 0.15) is 11.9 Å². The van der Waals surface area contributed by atoms with Gasteiger partial charge in [0.25, 0.3) is 5.91 Å². The Bertz CT molecular complexity index is 1330. The molecule has 5 amide bonds. The number of amides is 5. The first-order valence-corrected chi connectivity index (χ1v) is 14.9. The molecule has 0 spiro atoms. The number of urea groups is 2. The van der Waals surface area contributed by atoms with Gasteiger partial charge in [-0.3, -0.25) is 4.79 Å². The highest BCUT2D eigenvalue weighted by molar-refractivity contribution is 5.99. The topological polar surface area (TPSA) is 142 Å². The molecule has 0 radical (unpaired) electrons. The Morgan fingerprint density at radius 1 is 1.02 bits per heavy atom. The fourth-order valence-electron chi connectivity index (χ4n) is 5.66. The number of carbonyl (C=O) groups excluding carboxylic acids is 3. The Kier molecular flexibility index (Phi) is 9.44. The zero-order chi connectivity index (χ0) is 30.5. The fraction of sp³-hybridized carbons (Fsp3) is 0.516. The number of rotatable bonds is 7. The predicted octanol–water partition coefficient (Wildman–Crippen LogP) is 4.25. The second-order valence-electron chi connectivity index (χ2n) is 11.6. The number of anilines is 2. The highest BCUT2D eigenvalue weighted by Gasteiger charge is 2.34. The number of ether oxygens (including phenoxy) is 3. The lowest BCUT2D eigenvalue weighted by Crippen LogP contribution is -2.50. The first-order valence-electron chi connectivity index (χ1n) is 14.9. The van der Waals surface area contributed by atoms with Crippen LogP contribution < -0.4 is 30.2 Å². The highest BCUT2D eigenvalue weighted by Crippen LogP contribution is 2.34. The van der Waals surface area contributed by atoms with Crippen LogP contribution in [0.4, 0.5) is 21.0 Å². The molecule has 4 N–H and O–H groups in total. The number of benzene rings is 2. The molecule has 2 aromatic carbocycles. The molecule has 0 saturated heterocycles. The minimum absolute atomic E-state index is 0.144. The van der Waals surface area contributed by atoms with E-state index in [2.05, 4.69) is 16.0 Å². The monoisotopic (exact) mass is 595 g/mol. The van der Waals surface area contributed by atoms with E-state index in [0.717, 1.165) is 25.7 Å². The van der Waals surface area contributed by atoms with Crippen molar-refractivity contribution in [2.45, 2.75) is 64.1 Å². The van der Waals surface area contributed by atoms with Crippen molar-refractivity contribution in [3.05, 3.63) is 42.0 Å². The largest absolute Gasteiger partial charge is 0.487 e. The van der Waals surface area contributed by atoms with E-state index in [0.29, 0.717) is 35.2 Å². The van der Waals surface area contributed by atoms with Crippen LogP contribution >= 0.6 is 0 Å². The van der Waals surface area contributed by atoms with E-state index in [9.17, 15) is 19.5 Å². The summed E-state index contributed by atoms with van der Waals surface area (Å²) in [5.74, 6) is 1.07. The molecule has 12 nitrogen and oxygen atoms in total. The van der Waals surface area contributed by atoms with Gasteiger partial charge in [-0.2, -0.15) is 0 Å². The van der Waals surface area contributed by atoms with E-state index in [1.54, 1.807) is 55.3 Å². The molecular formula is C31H41N5O7. The quantitative estimate of drug-likeness (QED) is 0.375. The van der Waals surface area contributed by atoms with Crippen molar-refractivity contribution in [2.24, 2.45) is 5.92 Å². The van der Waals surface area contributed by atoms with Gasteiger partial charge in [0.05, 0.1) is 24.8 Å². The summed E-state index contributed by atoms with van der Waals surface area (Å²) in [7, 11) is 1.68.